The topological polar surface area (TPSA) is 58.6 Å². The first kappa shape index (κ1) is 22.1. The first-order valence-electron chi connectivity index (χ1n) is 11.2. The zero-order valence-electron chi connectivity index (χ0n) is 19.4. The number of nitrogens with zero attached hydrogens (tertiary/aromatic N) is 1. The number of carbonyl (C=O) groups is 2. The van der Waals surface area contributed by atoms with E-state index in [1.54, 1.807) is 25.3 Å². The van der Waals surface area contributed by atoms with Crippen LogP contribution in [0.15, 0.2) is 60.3 Å². The van der Waals surface area contributed by atoms with E-state index < -0.39 is 0 Å². The molecule has 1 aliphatic carbocycles. The number of carbonyl (C=O) groups excluding carboxylic acids is 2. The maximum absolute atomic E-state index is 13.8. The third-order valence-electron chi connectivity index (χ3n) is 6.62. The molecule has 1 aliphatic heterocycles. The van der Waals surface area contributed by atoms with E-state index in [1.807, 2.05) is 47.4 Å². The first-order chi connectivity index (χ1) is 15.2. The van der Waals surface area contributed by atoms with Gasteiger partial charge in [-0.3, -0.25) is 9.59 Å². The van der Waals surface area contributed by atoms with E-state index in [0.29, 0.717) is 11.3 Å². The van der Waals surface area contributed by atoms with Gasteiger partial charge in [0.25, 0.3) is 11.8 Å². The Balaban J connectivity index is 1.64. The van der Waals surface area contributed by atoms with Crippen molar-refractivity contribution in [1.29, 1.82) is 0 Å². The summed E-state index contributed by atoms with van der Waals surface area (Å²) in [5.41, 5.74) is 1.99. The van der Waals surface area contributed by atoms with E-state index in [1.165, 1.54) is 0 Å². The molecule has 32 heavy (non-hydrogen) atoms. The molecule has 2 aromatic carbocycles. The Bertz CT molecular complexity index is 1030. The Morgan fingerprint density at radius 3 is 2.38 bits per heavy atom. The van der Waals surface area contributed by atoms with Crippen LogP contribution in [0, 0.1) is 10.8 Å². The highest BCUT2D eigenvalue weighted by Crippen LogP contribution is 2.52. The van der Waals surface area contributed by atoms with Crippen molar-refractivity contribution in [3.05, 3.63) is 71.4 Å². The lowest BCUT2D eigenvalue weighted by atomic mass is 9.65. The Kier molecular flexibility index (Phi) is 5.85. The third-order valence-corrected chi connectivity index (χ3v) is 6.62. The van der Waals surface area contributed by atoms with Crippen molar-refractivity contribution >= 4 is 17.9 Å². The van der Waals surface area contributed by atoms with Gasteiger partial charge in [-0.25, -0.2) is 0 Å². The van der Waals surface area contributed by atoms with Crippen LogP contribution in [0.5, 0.6) is 5.75 Å². The number of rotatable bonds is 5. The van der Waals surface area contributed by atoms with E-state index in [4.69, 9.17) is 4.74 Å². The fourth-order valence-electron chi connectivity index (χ4n) is 5.65. The van der Waals surface area contributed by atoms with Gasteiger partial charge in [0.2, 0.25) is 0 Å². The summed E-state index contributed by atoms with van der Waals surface area (Å²) in [5, 5.41) is 2.90. The van der Waals surface area contributed by atoms with Crippen LogP contribution in [0.2, 0.25) is 0 Å². The molecule has 4 rings (SSSR count). The number of amides is 2. The Morgan fingerprint density at radius 1 is 1.03 bits per heavy atom. The highest BCUT2D eigenvalue weighted by Gasteiger charge is 2.51. The van der Waals surface area contributed by atoms with Gasteiger partial charge in [-0.15, -0.1) is 0 Å². The minimum Gasteiger partial charge on any atom is -0.497 e. The van der Waals surface area contributed by atoms with E-state index in [-0.39, 0.29) is 28.7 Å². The molecule has 1 heterocycles. The van der Waals surface area contributed by atoms with Crippen LogP contribution in [0.3, 0.4) is 0 Å². The average Bonchev–Trinajstić information content (AvgIpc) is 3.02. The molecule has 2 amide bonds. The number of benzene rings is 2. The number of methoxy groups -OCH3 is 1. The van der Waals surface area contributed by atoms with Gasteiger partial charge in [0, 0.05) is 18.2 Å². The van der Waals surface area contributed by atoms with Crippen molar-refractivity contribution in [1.82, 2.24) is 10.2 Å². The highest BCUT2D eigenvalue weighted by molar-refractivity contribution is 6.05. The molecule has 2 atom stereocenters. The van der Waals surface area contributed by atoms with Crippen LogP contribution < -0.4 is 10.1 Å². The van der Waals surface area contributed by atoms with E-state index >= 15 is 0 Å². The van der Waals surface area contributed by atoms with Gasteiger partial charge in [0.15, 0.2) is 0 Å². The van der Waals surface area contributed by atoms with Gasteiger partial charge in [-0.2, -0.15) is 0 Å². The Hall–Kier alpha value is -3.08. The lowest BCUT2D eigenvalue weighted by Crippen LogP contribution is -2.42. The molecule has 2 aliphatic rings. The van der Waals surface area contributed by atoms with E-state index in [9.17, 15) is 9.59 Å². The van der Waals surface area contributed by atoms with Crippen LogP contribution in [0.25, 0.3) is 6.08 Å². The second-order valence-corrected chi connectivity index (χ2v) is 10.3. The number of likely N-dealkylation sites (tertiary alicyclic amines) is 1. The standard InChI is InChI=1S/C27H32N2O3/c1-26(2)15-21-16-27(3,17-26)18-29(21)25(31)23(14-19-10-12-22(32-4)13-11-19)28-24(30)20-8-6-5-7-9-20/h5-14,21H,15-18H2,1-4H3,(H,28,30)/b23-14+/t21-,27-/m1/s1. The van der Waals surface area contributed by atoms with Crippen molar-refractivity contribution in [3.63, 3.8) is 0 Å². The van der Waals surface area contributed by atoms with Crippen LogP contribution in [-0.4, -0.2) is 36.4 Å². The summed E-state index contributed by atoms with van der Waals surface area (Å²) in [4.78, 5) is 28.7. The molecule has 2 aromatic rings. The second kappa shape index (κ2) is 8.45. The maximum atomic E-state index is 13.8. The normalized spacial score (nSPS) is 24.2. The lowest BCUT2D eigenvalue weighted by molar-refractivity contribution is -0.128. The zero-order valence-corrected chi connectivity index (χ0v) is 19.4. The number of ether oxygens (including phenoxy) is 1. The molecular formula is C27H32N2O3. The number of hydrogen-bond donors (Lipinski definition) is 1. The maximum Gasteiger partial charge on any atom is 0.270 e. The molecule has 0 radical (unpaired) electrons. The fourth-order valence-corrected chi connectivity index (χ4v) is 5.65. The van der Waals surface area contributed by atoms with Gasteiger partial charge in [0.1, 0.15) is 11.4 Å². The fraction of sp³-hybridized carbons (Fsp3) is 0.407. The minimum atomic E-state index is -0.285. The number of fused-ring (bicyclic) bond motifs is 2. The quantitative estimate of drug-likeness (QED) is 0.684. The summed E-state index contributed by atoms with van der Waals surface area (Å²) in [5.74, 6) is 0.343. The SMILES string of the molecule is COc1ccc(/C=C(/NC(=O)c2ccccc2)C(=O)N2C[C@]3(C)C[C@H]2CC(C)(C)C3)cc1. The van der Waals surface area contributed by atoms with Gasteiger partial charge >= 0.3 is 0 Å². The average molecular weight is 433 g/mol. The summed E-state index contributed by atoms with van der Waals surface area (Å²) in [6.07, 6.45) is 4.87. The van der Waals surface area contributed by atoms with Gasteiger partial charge in [-0.05, 0) is 66.0 Å². The third kappa shape index (κ3) is 4.72. The van der Waals surface area contributed by atoms with Gasteiger partial charge in [0.05, 0.1) is 7.11 Å². The summed E-state index contributed by atoms with van der Waals surface area (Å²) >= 11 is 0. The molecule has 2 bridgehead atoms. The number of nitrogens with one attached hydrogen (secondary N) is 1. The molecule has 0 unspecified atom stereocenters. The van der Waals surface area contributed by atoms with Crippen molar-refractivity contribution in [2.24, 2.45) is 10.8 Å². The molecule has 0 aromatic heterocycles. The molecular weight excluding hydrogens is 400 g/mol. The largest absolute Gasteiger partial charge is 0.497 e. The second-order valence-electron chi connectivity index (χ2n) is 10.3. The molecule has 0 spiro atoms. The molecule has 168 valence electrons. The van der Waals surface area contributed by atoms with Gasteiger partial charge < -0.3 is 15.0 Å². The molecule has 5 nitrogen and oxygen atoms in total. The molecule has 5 heteroatoms. The molecule has 1 saturated carbocycles. The van der Waals surface area contributed by atoms with Crippen LogP contribution in [0.1, 0.15) is 56.0 Å². The van der Waals surface area contributed by atoms with Crippen molar-refractivity contribution in [2.75, 3.05) is 13.7 Å². The lowest BCUT2D eigenvalue weighted by Gasteiger charge is -2.39. The van der Waals surface area contributed by atoms with Gasteiger partial charge in [-0.1, -0.05) is 51.1 Å². The summed E-state index contributed by atoms with van der Waals surface area (Å²) < 4.78 is 5.24. The van der Waals surface area contributed by atoms with Crippen LogP contribution in [0.4, 0.5) is 0 Å². The molecule has 2 fully saturated rings. The smallest absolute Gasteiger partial charge is 0.270 e. The van der Waals surface area contributed by atoms with Crippen molar-refractivity contribution in [3.8, 4) is 5.75 Å². The highest BCUT2D eigenvalue weighted by atomic mass is 16.5. The first-order valence-corrected chi connectivity index (χ1v) is 11.2. The monoisotopic (exact) mass is 432 g/mol. The molecule has 1 N–H and O–H groups in total. The predicted molar refractivity (Wildman–Crippen MR) is 126 cm³/mol. The molecule has 1 saturated heterocycles. The summed E-state index contributed by atoms with van der Waals surface area (Å²) in [7, 11) is 1.62. The van der Waals surface area contributed by atoms with Crippen molar-refractivity contribution < 1.29 is 14.3 Å². The zero-order chi connectivity index (χ0) is 22.9. The summed E-state index contributed by atoms with van der Waals surface area (Å²) in [6.45, 7) is 7.58. The minimum absolute atomic E-state index is 0.114. The van der Waals surface area contributed by atoms with E-state index in [0.717, 1.165) is 37.1 Å². The van der Waals surface area contributed by atoms with E-state index in [2.05, 4.69) is 26.1 Å². The Labute approximate surface area is 190 Å². The summed E-state index contributed by atoms with van der Waals surface area (Å²) in [6, 6.07) is 16.6. The van der Waals surface area contributed by atoms with Crippen molar-refractivity contribution in [2.45, 2.75) is 46.1 Å². The number of hydrogen-bond acceptors (Lipinski definition) is 3. The Morgan fingerprint density at radius 2 is 1.72 bits per heavy atom. The van der Waals surface area contributed by atoms with Crippen LogP contribution in [-0.2, 0) is 4.79 Å². The predicted octanol–water partition coefficient (Wildman–Crippen LogP) is 4.89. The van der Waals surface area contributed by atoms with Crippen LogP contribution >= 0.6 is 0 Å².